The molecule has 48 heavy (non-hydrogen) atoms. The Morgan fingerprint density at radius 1 is 1.04 bits per heavy atom. The van der Waals surface area contributed by atoms with Gasteiger partial charge < -0.3 is 9.84 Å². The molecule has 254 valence electrons. The summed E-state index contributed by atoms with van der Waals surface area (Å²) < 4.78 is 5.92. The molecule has 1 heterocycles. The summed E-state index contributed by atoms with van der Waals surface area (Å²) in [6.45, 7) is 11.4. The third-order valence-electron chi connectivity index (χ3n) is 9.89. The lowest BCUT2D eigenvalue weighted by atomic mass is 9.79. The number of aliphatic hydroxyl groups is 1. The van der Waals surface area contributed by atoms with Crippen molar-refractivity contribution in [2.45, 2.75) is 89.7 Å². The smallest absolute Gasteiger partial charge is 0.307 e. The van der Waals surface area contributed by atoms with E-state index in [1.165, 1.54) is 5.56 Å². The number of thiol groups is 1. The fourth-order valence-corrected chi connectivity index (χ4v) is 7.76. The van der Waals surface area contributed by atoms with Crippen LogP contribution in [0.5, 0.6) is 0 Å². The first kappa shape index (κ1) is 36.1. The molecule has 0 radical (unpaired) electrons. The second-order valence-electron chi connectivity index (χ2n) is 13.7. The Labute approximate surface area is 296 Å². The molecule has 0 bridgehead atoms. The van der Waals surface area contributed by atoms with Crippen LogP contribution in [0, 0.1) is 5.41 Å². The van der Waals surface area contributed by atoms with Crippen LogP contribution in [0.15, 0.2) is 78.9 Å². The molecular weight excluding hydrogens is 636 g/mol. The van der Waals surface area contributed by atoms with Gasteiger partial charge in [-0.15, -0.1) is 0 Å². The Balaban J connectivity index is 1.41. The van der Waals surface area contributed by atoms with E-state index in [9.17, 15) is 9.90 Å². The predicted molar refractivity (Wildman–Crippen MR) is 202 cm³/mol. The second kappa shape index (κ2) is 15.6. The zero-order chi connectivity index (χ0) is 34.5. The number of halogens is 1. The minimum atomic E-state index is -0.942. The van der Waals surface area contributed by atoms with E-state index in [4.69, 9.17) is 34.0 Å². The summed E-state index contributed by atoms with van der Waals surface area (Å²) in [5.41, 5.74) is 4.89. The number of hydrogen-bond donors (Lipinski definition) is 2. The standard InChI is InChI=1S/C41H49ClN2O3S/c1-6-44(7-2)28(3)47-38(45)27-41(23-24-41)39(48)35(22-18-30-12-8-9-14-36(30)40(4,5)46)32-13-10-11-29(25-32)15-20-34-21-17-31-16-19-33(42)26-37(31)43-34/h8-17,19-21,25-26,28,35,39,46,48H,6-7,18,22-24,27H2,1-5H3/b20-15+/t28?,35-,39?/m1/s1. The number of nitrogens with zero attached hydrogens (tertiary/aromatic N) is 2. The van der Waals surface area contributed by atoms with E-state index >= 15 is 0 Å². The quantitative estimate of drug-likeness (QED) is 0.0742. The summed E-state index contributed by atoms with van der Waals surface area (Å²) in [5.74, 6) is -0.0779. The van der Waals surface area contributed by atoms with Gasteiger partial charge in [0.25, 0.3) is 0 Å². The lowest BCUT2D eigenvalue weighted by Crippen LogP contribution is -2.37. The van der Waals surface area contributed by atoms with Crippen molar-refractivity contribution in [2.75, 3.05) is 13.1 Å². The number of aromatic nitrogens is 1. The van der Waals surface area contributed by atoms with Crippen molar-refractivity contribution in [1.82, 2.24) is 9.88 Å². The van der Waals surface area contributed by atoms with Crippen molar-refractivity contribution in [3.8, 4) is 0 Å². The van der Waals surface area contributed by atoms with Crippen LogP contribution in [0.25, 0.3) is 23.1 Å². The SMILES string of the molecule is CCN(CC)C(C)OC(=O)CC1(C(S)[C@H](CCc2ccccc2C(C)(C)O)c2cccc(/C=C/c3ccc4ccc(Cl)cc4n3)c2)CC1. The first-order chi connectivity index (χ1) is 22.9. The highest BCUT2D eigenvalue weighted by Gasteiger charge is 2.52. The van der Waals surface area contributed by atoms with Crippen LogP contribution < -0.4 is 0 Å². The van der Waals surface area contributed by atoms with Gasteiger partial charge in [0.2, 0.25) is 0 Å². The van der Waals surface area contributed by atoms with E-state index in [1.54, 1.807) is 0 Å². The molecule has 1 aromatic heterocycles. The Hall–Kier alpha value is -3.16. The van der Waals surface area contributed by atoms with Gasteiger partial charge in [-0.3, -0.25) is 9.69 Å². The molecule has 1 fully saturated rings. The van der Waals surface area contributed by atoms with Crippen molar-refractivity contribution in [3.63, 3.8) is 0 Å². The first-order valence-electron chi connectivity index (χ1n) is 17.2. The number of carbonyl (C=O) groups is 1. The minimum Gasteiger partial charge on any atom is -0.447 e. The lowest BCUT2D eigenvalue weighted by Gasteiger charge is -2.32. The van der Waals surface area contributed by atoms with Crippen LogP contribution in [0.4, 0.5) is 0 Å². The molecule has 5 rings (SSSR count). The van der Waals surface area contributed by atoms with Crippen LogP contribution in [0.3, 0.4) is 0 Å². The van der Waals surface area contributed by atoms with Crippen molar-refractivity contribution in [1.29, 1.82) is 0 Å². The van der Waals surface area contributed by atoms with Gasteiger partial charge in [-0.05, 0) is 117 Å². The van der Waals surface area contributed by atoms with Crippen LogP contribution in [-0.4, -0.2) is 45.5 Å². The van der Waals surface area contributed by atoms with Gasteiger partial charge in [0, 0.05) is 15.7 Å². The first-order valence-corrected chi connectivity index (χ1v) is 18.1. The largest absolute Gasteiger partial charge is 0.447 e. The number of hydrogen-bond acceptors (Lipinski definition) is 6. The maximum absolute atomic E-state index is 13.3. The van der Waals surface area contributed by atoms with Crippen LogP contribution >= 0.6 is 24.2 Å². The molecule has 7 heteroatoms. The zero-order valence-electron chi connectivity index (χ0n) is 28.8. The predicted octanol–water partition coefficient (Wildman–Crippen LogP) is 9.70. The average Bonchev–Trinajstić information content (AvgIpc) is 3.84. The van der Waals surface area contributed by atoms with Gasteiger partial charge in [-0.2, -0.15) is 12.6 Å². The van der Waals surface area contributed by atoms with E-state index in [0.717, 1.165) is 72.1 Å². The van der Waals surface area contributed by atoms with E-state index in [2.05, 4.69) is 61.2 Å². The molecule has 2 unspecified atom stereocenters. The number of carbonyl (C=O) groups excluding carboxylic acids is 1. The van der Waals surface area contributed by atoms with Gasteiger partial charge >= 0.3 is 5.97 Å². The molecule has 3 atom stereocenters. The van der Waals surface area contributed by atoms with Crippen LogP contribution in [0.2, 0.25) is 5.02 Å². The average molecular weight is 685 g/mol. The molecule has 3 aromatic carbocycles. The van der Waals surface area contributed by atoms with E-state index in [-0.39, 0.29) is 28.8 Å². The number of benzene rings is 3. The summed E-state index contributed by atoms with van der Waals surface area (Å²) in [6, 6.07) is 26.6. The summed E-state index contributed by atoms with van der Waals surface area (Å²) in [4.78, 5) is 20.2. The highest BCUT2D eigenvalue weighted by atomic mass is 35.5. The number of esters is 1. The lowest BCUT2D eigenvalue weighted by molar-refractivity contribution is -0.158. The summed E-state index contributed by atoms with van der Waals surface area (Å²) in [7, 11) is 0. The van der Waals surface area contributed by atoms with Gasteiger partial charge in [0.05, 0.1) is 23.2 Å². The number of aryl methyl sites for hydroxylation is 1. The minimum absolute atomic E-state index is 0.0470. The van der Waals surface area contributed by atoms with Gasteiger partial charge in [-0.1, -0.05) is 92.2 Å². The molecule has 1 aliphatic carbocycles. The Kier molecular flexibility index (Phi) is 11.7. The third kappa shape index (κ3) is 8.89. The Bertz CT molecular complexity index is 1740. The fourth-order valence-electron chi connectivity index (χ4n) is 6.92. The summed E-state index contributed by atoms with van der Waals surface area (Å²) in [6.07, 6.45) is 7.73. The van der Waals surface area contributed by atoms with Crippen molar-refractivity contribution < 1.29 is 14.6 Å². The zero-order valence-corrected chi connectivity index (χ0v) is 30.5. The van der Waals surface area contributed by atoms with E-state index < -0.39 is 5.60 Å². The van der Waals surface area contributed by atoms with Crippen LogP contribution in [-0.2, 0) is 21.6 Å². The third-order valence-corrected chi connectivity index (χ3v) is 11.0. The van der Waals surface area contributed by atoms with Crippen LogP contribution in [0.1, 0.15) is 94.2 Å². The summed E-state index contributed by atoms with van der Waals surface area (Å²) in [5, 5.41) is 12.6. The van der Waals surface area contributed by atoms with E-state index in [0.29, 0.717) is 11.4 Å². The number of pyridine rings is 1. The molecule has 0 spiro atoms. The number of fused-ring (bicyclic) bond motifs is 1. The molecular formula is C41H49ClN2O3S. The van der Waals surface area contributed by atoms with Crippen molar-refractivity contribution in [3.05, 3.63) is 112 Å². The molecule has 5 nitrogen and oxygen atoms in total. The van der Waals surface area contributed by atoms with E-state index in [1.807, 2.05) is 69.3 Å². The molecule has 4 aromatic rings. The van der Waals surface area contributed by atoms with Gasteiger partial charge in [0.1, 0.15) is 0 Å². The van der Waals surface area contributed by atoms with Gasteiger partial charge in [-0.25, -0.2) is 4.98 Å². The molecule has 0 saturated heterocycles. The molecule has 1 aliphatic rings. The van der Waals surface area contributed by atoms with Crippen molar-refractivity contribution in [2.24, 2.45) is 5.41 Å². The maximum Gasteiger partial charge on any atom is 0.307 e. The van der Waals surface area contributed by atoms with Gasteiger partial charge in [0.15, 0.2) is 6.23 Å². The van der Waals surface area contributed by atoms with Crippen molar-refractivity contribution >= 4 is 53.3 Å². The number of rotatable bonds is 15. The highest BCUT2D eigenvalue weighted by Crippen LogP contribution is 2.58. The molecule has 1 saturated carbocycles. The molecule has 1 N–H and O–H groups in total. The molecule has 0 amide bonds. The monoisotopic (exact) mass is 684 g/mol. The highest BCUT2D eigenvalue weighted by molar-refractivity contribution is 7.81. The summed E-state index contributed by atoms with van der Waals surface area (Å²) >= 11 is 11.5. The molecule has 0 aliphatic heterocycles. The fraction of sp³-hybridized carbons (Fsp3) is 0.415. The maximum atomic E-state index is 13.3. The second-order valence-corrected chi connectivity index (χ2v) is 14.7. The normalized spacial score (nSPS) is 16.3. The topological polar surface area (TPSA) is 62.7 Å². The Morgan fingerprint density at radius 3 is 2.48 bits per heavy atom. The Morgan fingerprint density at radius 2 is 1.77 bits per heavy atom. The number of ether oxygens (including phenoxy) is 1.